The molecule has 4 aliphatic rings. The van der Waals surface area contributed by atoms with Crippen molar-refractivity contribution >= 4 is 35.6 Å². The van der Waals surface area contributed by atoms with Gasteiger partial charge in [0.15, 0.2) is 5.15 Å². The summed E-state index contributed by atoms with van der Waals surface area (Å²) in [5, 5.41) is 5.78. The van der Waals surface area contributed by atoms with E-state index in [1.54, 1.807) is 0 Å². The summed E-state index contributed by atoms with van der Waals surface area (Å²) in [6.45, 7) is 7.63. The van der Waals surface area contributed by atoms with Gasteiger partial charge in [-0.15, -0.1) is 0 Å². The fourth-order valence-electron chi connectivity index (χ4n) is 8.80. The van der Waals surface area contributed by atoms with Crippen molar-refractivity contribution in [2.24, 2.45) is 23.7 Å². The number of methoxy groups -OCH3 is 2. The Labute approximate surface area is 336 Å². The number of ether oxygens (including phenoxy) is 2. The zero-order valence-electron chi connectivity index (χ0n) is 32.9. The highest BCUT2D eigenvalue weighted by atomic mass is 35.5. The van der Waals surface area contributed by atoms with E-state index in [1.807, 2.05) is 80.1 Å². The lowest BCUT2D eigenvalue weighted by molar-refractivity contribution is -0.137. The topological polar surface area (TPSA) is 175 Å². The van der Waals surface area contributed by atoms with Gasteiger partial charge in [0.2, 0.25) is 11.8 Å². The first-order valence-electron chi connectivity index (χ1n) is 19.7. The molecule has 2 aromatic heterocycles. The smallest absolute Gasteiger partial charge is 0.407 e. The molecule has 14 nitrogen and oxygen atoms in total. The van der Waals surface area contributed by atoms with Gasteiger partial charge in [-0.05, 0) is 66.0 Å². The average Bonchev–Trinajstić information content (AvgIpc) is 3.85. The van der Waals surface area contributed by atoms with Crippen LogP contribution in [0.5, 0.6) is 0 Å². The largest absolute Gasteiger partial charge is 0.453 e. The second-order valence-corrected chi connectivity index (χ2v) is 16.8. The summed E-state index contributed by atoms with van der Waals surface area (Å²) in [6.07, 6.45) is 4.09. The Hall–Kier alpha value is -5.37. The van der Waals surface area contributed by atoms with Gasteiger partial charge in [0, 0.05) is 17.6 Å². The third kappa shape index (κ3) is 7.35. The number of piperidine rings is 2. The summed E-state index contributed by atoms with van der Waals surface area (Å²) in [5.74, 6) is 1.74. The lowest BCUT2D eigenvalue weighted by Gasteiger charge is -2.31. The van der Waals surface area contributed by atoms with Crippen LogP contribution in [0.25, 0.3) is 33.6 Å². The quantitative estimate of drug-likeness (QED) is 0.127. The van der Waals surface area contributed by atoms with Crippen LogP contribution in [0.4, 0.5) is 9.59 Å². The molecule has 0 unspecified atom stereocenters. The van der Waals surface area contributed by atoms with E-state index >= 15 is 0 Å². The molecule has 4 aromatic rings. The Kier molecular flexibility index (Phi) is 10.3. The number of aromatic amines is 2. The second kappa shape index (κ2) is 15.2. The van der Waals surface area contributed by atoms with Crippen molar-refractivity contribution in [3.63, 3.8) is 0 Å². The molecule has 2 aromatic carbocycles. The maximum Gasteiger partial charge on any atom is 0.407 e. The van der Waals surface area contributed by atoms with Gasteiger partial charge >= 0.3 is 12.2 Å². The number of aromatic nitrogens is 4. The van der Waals surface area contributed by atoms with Crippen molar-refractivity contribution in [3.05, 3.63) is 71.5 Å². The molecule has 2 aliphatic heterocycles. The highest BCUT2D eigenvalue weighted by Gasteiger charge is 2.57. The zero-order valence-corrected chi connectivity index (χ0v) is 33.7. The van der Waals surface area contributed by atoms with E-state index in [1.165, 1.54) is 14.2 Å². The highest BCUT2D eigenvalue weighted by molar-refractivity contribution is 6.31. The van der Waals surface area contributed by atoms with E-state index in [-0.39, 0.29) is 47.8 Å². The van der Waals surface area contributed by atoms with Crippen LogP contribution in [0.3, 0.4) is 0 Å². The number of fused-ring (bicyclic) bond motifs is 2. The van der Waals surface area contributed by atoms with Crippen molar-refractivity contribution < 1.29 is 28.7 Å². The van der Waals surface area contributed by atoms with Gasteiger partial charge < -0.3 is 39.9 Å². The van der Waals surface area contributed by atoms with Crippen LogP contribution in [0.15, 0.2) is 54.7 Å². The fraction of sp³-hybridized carbons (Fsp3) is 0.476. The van der Waals surface area contributed by atoms with Crippen LogP contribution in [0.1, 0.15) is 77.1 Å². The standard InChI is InChI=1S/C42H49ClN8O6/c1-20(2)33(47-41(54)56-5)39(52)50-29-15-26(29)17-31(50)37-44-19-28(45-37)24-11-7-22(8-12-24)23-9-13-25(14-10-23)35-36(43)49-38(46-35)32-18-27-16-30(27)51(32)40(53)34(21(3)4)48-42(55)57-6/h7-14,19-21,26-27,29-34H,15-18H2,1-6H3,(H,44,45)(H,46,49)(H,47,54)(H,48,55)/t26-,27-,29-,30-,31+,32+,33+,34+/m1/s1. The summed E-state index contributed by atoms with van der Waals surface area (Å²) >= 11 is 6.72. The van der Waals surface area contributed by atoms with Crippen molar-refractivity contribution in [1.29, 1.82) is 0 Å². The van der Waals surface area contributed by atoms with Gasteiger partial charge in [-0.2, -0.15) is 0 Å². The Morgan fingerprint density at radius 2 is 1.14 bits per heavy atom. The number of hydrogen-bond donors (Lipinski definition) is 4. The zero-order chi connectivity index (χ0) is 40.3. The molecular formula is C42H49ClN8O6. The molecule has 2 saturated carbocycles. The highest BCUT2D eigenvalue weighted by Crippen LogP contribution is 2.55. The lowest BCUT2D eigenvalue weighted by Crippen LogP contribution is -2.52. The van der Waals surface area contributed by atoms with Crippen LogP contribution >= 0.6 is 11.6 Å². The van der Waals surface area contributed by atoms with E-state index in [0.29, 0.717) is 28.5 Å². The molecule has 2 aliphatic carbocycles. The molecule has 57 heavy (non-hydrogen) atoms. The minimum atomic E-state index is -0.713. The van der Waals surface area contributed by atoms with Crippen molar-refractivity contribution in [1.82, 2.24) is 40.4 Å². The summed E-state index contributed by atoms with van der Waals surface area (Å²) < 4.78 is 9.58. The third-order valence-corrected chi connectivity index (χ3v) is 12.4. The minimum Gasteiger partial charge on any atom is -0.453 e. The van der Waals surface area contributed by atoms with Gasteiger partial charge in [0.05, 0.1) is 43.9 Å². The molecule has 2 saturated heterocycles. The number of nitrogens with one attached hydrogen (secondary N) is 4. The Morgan fingerprint density at radius 3 is 1.61 bits per heavy atom. The number of nitrogens with zero attached hydrogens (tertiary/aromatic N) is 4. The number of rotatable bonds is 11. The second-order valence-electron chi connectivity index (χ2n) is 16.5. The van der Waals surface area contributed by atoms with E-state index in [0.717, 1.165) is 59.5 Å². The molecule has 8 rings (SSSR count). The number of imidazole rings is 2. The number of carbonyl (C=O) groups is 4. The van der Waals surface area contributed by atoms with Crippen molar-refractivity contribution in [2.45, 2.75) is 89.6 Å². The van der Waals surface area contributed by atoms with Crippen molar-refractivity contribution in [2.75, 3.05) is 14.2 Å². The first kappa shape index (κ1) is 38.5. The third-order valence-electron chi connectivity index (χ3n) is 12.1. The average molecular weight is 797 g/mol. The van der Waals surface area contributed by atoms with Gasteiger partial charge in [-0.25, -0.2) is 19.6 Å². The number of carbonyl (C=O) groups excluding carboxylic acids is 4. The molecule has 4 heterocycles. The molecule has 0 radical (unpaired) electrons. The monoisotopic (exact) mass is 796 g/mol. The summed E-state index contributed by atoms with van der Waals surface area (Å²) in [5.41, 5.74) is 5.44. The molecule has 300 valence electrons. The van der Waals surface area contributed by atoms with E-state index in [4.69, 9.17) is 26.1 Å². The molecular weight excluding hydrogens is 748 g/mol. The summed E-state index contributed by atoms with van der Waals surface area (Å²) in [6, 6.07) is 14.7. The van der Waals surface area contributed by atoms with Crippen LogP contribution in [-0.2, 0) is 19.1 Å². The molecule has 4 N–H and O–H groups in total. The van der Waals surface area contributed by atoms with Gasteiger partial charge in [-0.3, -0.25) is 9.59 Å². The molecule has 4 amide bonds. The fourth-order valence-corrected chi connectivity index (χ4v) is 9.05. The molecule has 8 atom stereocenters. The first-order valence-corrected chi connectivity index (χ1v) is 20.1. The summed E-state index contributed by atoms with van der Waals surface area (Å²) in [4.78, 5) is 71.8. The Morgan fingerprint density at radius 1 is 0.684 bits per heavy atom. The van der Waals surface area contributed by atoms with Gasteiger partial charge in [-0.1, -0.05) is 87.8 Å². The van der Waals surface area contributed by atoms with E-state index in [9.17, 15) is 19.2 Å². The first-order chi connectivity index (χ1) is 27.4. The van der Waals surface area contributed by atoms with Crippen LogP contribution in [-0.4, -0.2) is 92.1 Å². The van der Waals surface area contributed by atoms with Crippen LogP contribution in [0, 0.1) is 23.7 Å². The predicted molar refractivity (Wildman–Crippen MR) is 213 cm³/mol. The number of halogens is 1. The lowest BCUT2D eigenvalue weighted by atomic mass is 10.0. The maximum absolute atomic E-state index is 13.8. The number of alkyl carbamates (subject to hydrolysis) is 2. The SMILES string of the molecule is COC(=O)N[C@H](C(=O)N1[C@@H]2C[C@@H]2C[C@H]1c1ncc(-c2ccc(-c3ccc(-c4[nH]c([C@@H]5C[C@H]6C[C@H]6N5C(=O)[C@@H](NC(=O)OC)C(C)C)nc4Cl)cc3)cc2)[nH]1)C(C)C. The Bertz CT molecular complexity index is 2170. The predicted octanol–water partition coefficient (Wildman–Crippen LogP) is 6.87. The van der Waals surface area contributed by atoms with Crippen LogP contribution < -0.4 is 10.6 Å². The normalized spacial score (nSPS) is 24.2. The molecule has 0 spiro atoms. The number of hydrogen-bond acceptors (Lipinski definition) is 8. The van der Waals surface area contributed by atoms with Crippen molar-refractivity contribution in [3.8, 4) is 33.6 Å². The molecule has 15 heteroatoms. The Balaban J connectivity index is 0.947. The molecule has 0 bridgehead atoms. The summed E-state index contributed by atoms with van der Waals surface area (Å²) in [7, 11) is 2.59. The van der Waals surface area contributed by atoms with Gasteiger partial charge in [0.1, 0.15) is 23.7 Å². The maximum atomic E-state index is 13.8. The number of benzene rings is 2. The number of likely N-dealkylation sites (tertiary alicyclic amines) is 2. The molecule has 4 fully saturated rings. The van der Waals surface area contributed by atoms with E-state index < -0.39 is 24.3 Å². The van der Waals surface area contributed by atoms with Gasteiger partial charge in [0.25, 0.3) is 0 Å². The number of amides is 4. The van der Waals surface area contributed by atoms with Crippen LogP contribution in [0.2, 0.25) is 5.15 Å². The number of H-pyrrole nitrogens is 2. The minimum absolute atomic E-state index is 0.104. The van der Waals surface area contributed by atoms with E-state index in [2.05, 4.69) is 37.7 Å².